The molecule has 0 aromatic carbocycles. The largest absolute Gasteiger partial charge is 0.396 e. The van der Waals surface area contributed by atoms with E-state index in [0.717, 1.165) is 37.9 Å². The third kappa shape index (κ3) is 7.20. The van der Waals surface area contributed by atoms with Gasteiger partial charge in [-0.05, 0) is 58.2 Å². The maximum Gasteiger partial charge on any atom is 0.0431 e. The Balaban J connectivity index is 1.91. The van der Waals surface area contributed by atoms with Gasteiger partial charge in [-0.2, -0.15) is 0 Å². The highest BCUT2D eigenvalue weighted by molar-refractivity contribution is 4.81. The molecule has 0 spiro atoms. The molecule has 1 unspecified atom stereocenters. The van der Waals surface area contributed by atoms with Crippen LogP contribution in [0.15, 0.2) is 0 Å². The van der Waals surface area contributed by atoms with E-state index < -0.39 is 0 Å². The number of unbranched alkanes of at least 4 members (excludes halogenated alkanes) is 2. The van der Waals surface area contributed by atoms with Gasteiger partial charge in [-0.1, -0.05) is 6.92 Å². The van der Waals surface area contributed by atoms with Crippen LogP contribution in [0.25, 0.3) is 0 Å². The minimum absolute atomic E-state index is 0.339. The van der Waals surface area contributed by atoms with Crippen molar-refractivity contribution in [1.82, 2.24) is 10.2 Å². The lowest BCUT2D eigenvalue weighted by Gasteiger charge is -2.21. The lowest BCUT2D eigenvalue weighted by Crippen LogP contribution is -2.32. The van der Waals surface area contributed by atoms with E-state index in [0.29, 0.717) is 6.61 Å². The van der Waals surface area contributed by atoms with Crippen LogP contribution in [-0.2, 0) is 0 Å². The Morgan fingerprint density at radius 3 is 2.69 bits per heavy atom. The van der Waals surface area contributed by atoms with Crippen LogP contribution in [0, 0.1) is 5.92 Å². The number of hydrogen-bond acceptors (Lipinski definition) is 3. The fourth-order valence-corrected chi connectivity index (χ4v) is 2.01. The molecule has 96 valence electrons. The van der Waals surface area contributed by atoms with Gasteiger partial charge in [-0.3, -0.25) is 0 Å². The summed E-state index contributed by atoms with van der Waals surface area (Å²) in [4.78, 5) is 2.41. The van der Waals surface area contributed by atoms with Gasteiger partial charge in [0.1, 0.15) is 0 Å². The lowest BCUT2D eigenvalue weighted by atomic mass is 10.1. The molecule has 0 saturated heterocycles. The highest BCUT2D eigenvalue weighted by Crippen LogP contribution is 2.18. The molecule has 1 aliphatic rings. The Labute approximate surface area is 100 Å². The molecule has 0 bridgehead atoms. The van der Waals surface area contributed by atoms with E-state index in [1.54, 1.807) is 0 Å². The van der Waals surface area contributed by atoms with E-state index in [-0.39, 0.29) is 0 Å². The van der Waals surface area contributed by atoms with Gasteiger partial charge in [-0.15, -0.1) is 0 Å². The maximum atomic E-state index is 8.68. The summed E-state index contributed by atoms with van der Waals surface area (Å²) in [7, 11) is 2.20. The second-order valence-electron chi connectivity index (χ2n) is 5.33. The Hall–Kier alpha value is -0.120. The normalized spacial score (nSPS) is 18.0. The van der Waals surface area contributed by atoms with Gasteiger partial charge in [0.15, 0.2) is 0 Å². The van der Waals surface area contributed by atoms with Crippen LogP contribution >= 0.6 is 0 Å². The molecular weight excluding hydrogens is 200 g/mol. The van der Waals surface area contributed by atoms with Gasteiger partial charge in [0, 0.05) is 19.2 Å². The van der Waals surface area contributed by atoms with E-state index in [1.807, 2.05) is 0 Å². The number of nitrogens with one attached hydrogen (secondary N) is 1. The van der Waals surface area contributed by atoms with Gasteiger partial charge in [0.2, 0.25) is 0 Å². The lowest BCUT2D eigenvalue weighted by molar-refractivity contribution is 0.258. The number of nitrogens with zero attached hydrogens (tertiary/aromatic N) is 1. The molecule has 1 atom stereocenters. The molecule has 0 radical (unpaired) electrons. The van der Waals surface area contributed by atoms with Crippen LogP contribution in [-0.4, -0.2) is 49.3 Å². The van der Waals surface area contributed by atoms with Crippen molar-refractivity contribution < 1.29 is 5.11 Å². The number of aliphatic hydroxyl groups is 1. The summed E-state index contributed by atoms with van der Waals surface area (Å²) in [6.07, 6.45) is 6.06. The van der Waals surface area contributed by atoms with Crippen molar-refractivity contribution in [3.63, 3.8) is 0 Å². The SMILES string of the molecule is CC(CNC1CC1)CN(C)CCCCCO. The fraction of sp³-hybridized carbons (Fsp3) is 1.00. The number of rotatable bonds is 10. The third-order valence-corrected chi connectivity index (χ3v) is 3.15. The first kappa shape index (κ1) is 13.9. The summed E-state index contributed by atoms with van der Waals surface area (Å²) in [6, 6.07) is 0.831. The average Bonchev–Trinajstić information content (AvgIpc) is 3.05. The fourth-order valence-electron chi connectivity index (χ4n) is 2.01. The predicted molar refractivity (Wildman–Crippen MR) is 68.6 cm³/mol. The highest BCUT2D eigenvalue weighted by atomic mass is 16.2. The molecule has 1 rings (SSSR count). The molecule has 0 aliphatic heterocycles. The van der Waals surface area contributed by atoms with Crippen molar-refractivity contribution in [1.29, 1.82) is 0 Å². The van der Waals surface area contributed by atoms with E-state index in [1.165, 1.54) is 25.8 Å². The molecule has 1 fully saturated rings. The van der Waals surface area contributed by atoms with Crippen molar-refractivity contribution in [3.05, 3.63) is 0 Å². The first-order valence-electron chi connectivity index (χ1n) is 6.75. The Morgan fingerprint density at radius 1 is 1.31 bits per heavy atom. The molecule has 1 aliphatic carbocycles. The summed E-state index contributed by atoms with van der Waals surface area (Å²) in [5.41, 5.74) is 0. The van der Waals surface area contributed by atoms with E-state index in [9.17, 15) is 0 Å². The van der Waals surface area contributed by atoms with Crippen molar-refractivity contribution in [2.45, 2.75) is 45.1 Å². The quantitative estimate of drug-likeness (QED) is 0.556. The van der Waals surface area contributed by atoms with Gasteiger partial charge >= 0.3 is 0 Å². The second kappa shape index (κ2) is 8.04. The van der Waals surface area contributed by atoms with Crippen molar-refractivity contribution >= 4 is 0 Å². The minimum Gasteiger partial charge on any atom is -0.396 e. The van der Waals surface area contributed by atoms with Gasteiger partial charge in [0.05, 0.1) is 0 Å². The molecule has 0 heterocycles. The van der Waals surface area contributed by atoms with E-state index in [4.69, 9.17) is 5.11 Å². The summed E-state index contributed by atoms with van der Waals surface area (Å²) in [5, 5.41) is 12.3. The zero-order valence-electron chi connectivity index (χ0n) is 10.9. The van der Waals surface area contributed by atoms with Crippen molar-refractivity contribution in [3.8, 4) is 0 Å². The molecule has 0 amide bonds. The van der Waals surface area contributed by atoms with Crippen LogP contribution in [0.5, 0.6) is 0 Å². The van der Waals surface area contributed by atoms with E-state index >= 15 is 0 Å². The van der Waals surface area contributed by atoms with Crippen LogP contribution in [0.4, 0.5) is 0 Å². The zero-order chi connectivity index (χ0) is 11.8. The van der Waals surface area contributed by atoms with Crippen LogP contribution < -0.4 is 5.32 Å². The molecule has 2 N–H and O–H groups in total. The Bertz CT molecular complexity index is 171. The summed E-state index contributed by atoms with van der Waals surface area (Å²) >= 11 is 0. The van der Waals surface area contributed by atoms with Crippen molar-refractivity contribution in [2.24, 2.45) is 5.92 Å². The van der Waals surface area contributed by atoms with Crippen LogP contribution in [0.2, 0.25) is 0 Å². The Morgan fingerprint density at radius 2 is 2.06 bits per heavy atom. The van der Waals surface area contributed by atoms with Gasteiger partial charge in [-0.25, -0.2) is 0 Å². The molecule has 3 heteroatoms. The number of aliphatic hydroxyl groups excluding tert-OH is 1. The maximum absolute atomic E-state index is 8.68. The summed E-state index contributed by atoms with van der Waals surface area (Å²) in [5.74, 6) is 0.739. The first-order valence-corrected chi connectivity index (χ1v) is 6.75. The highest BCUT2D eigenvalue weighted by Gasteiger charge is 2.20. The Kier molecular flexibility index (Phi) is 7.01. The smallest absolute Gasteiger partial charge is 0.0431 e. The standard InChI is InChI=1S/C13H28N2O/c1-12(10-14-13-6-7-13)11-15(2)8-4-3-5-9-16/h12-14,16H,3-11H2,1-2H3. The molecule has 1 saturated carbocycles. The monoisotopic (exact) mass is 228 g/mol. The van der Waals surface area contributed by atoms with E-state index in [2.05, 4.69) is 24.2 Å². The third-order valence-electron chi connectivity index (χ3n) is 3.15. The molecule has 0 aromatic heterocycles. The molecule has 16 heavy (non-hydrogen) atoms. The summed E-state index contributed by atoms with van der Waals surface area (Å²) in [6.45, 7) is 6.16. The predicted octanol–water partition coefficient (Wildman–Crippen LogP) is 1.47. The second-order valence-corrected chi connectivity index (χ2v) is 5.33. The zero-order valence-corrected chi connectivity index (χ0v) is 10.9. The van der Waals surface area contributed by atoms with Crippen LogP contribution in [0.1, 0.15) is 39.0 Å². The minimum atomic E-state index is 0.339. The molecule has 3 nitrogen and oxygen atoms in total. The van der Waals surface area contributed by atoms with Gasteiger partial charge in [0.25, 0.3) is 0 Å². The average molecular weight is 228 g/mol. The first-order chi connectivity index (χ1) is 7.72. The molecular formula is C13H28N2O. The van der Waals surface area contributed by atoms with Crippen molar-refractivity contribution in [2.75, 3.05) is 33.3 Å². The van der Waals surface area contributed by atoms with Gasteiger partial charge < -0.3 is 15.3 Å². The molecule has 0 aromatic rings. The topological polar surface area (TPSA) is 35.5 Å². The van der Waals surface area contributed by atoms with Crippen LogP contribution in [0.3, 0.4) is 0 Å². The number of hydrogen-bond donors (Lipinski definition) is 2. The summed E-state index contributed by atoms with van der Waals surface area (Å²) < 4.78 is 0.